The van der Waals surface area contributed by atoms with Crippen molar-refractivity contribution in [2.45, 2.75) is 32.6 Å². The van der Waals surface area contributed by atoms with Crippen LogP contribution in [-0.2, 0) is 0 Å². The second kappa shape index (κ2) is 7.38. The third-order valence-electron chi connectivity index (χ3n) is 3.10. The number of hydrogen-bond donors (Lipinski definition) is 2. The van der Waals surface area contributed by atoms with Crippen molar-refractivity contribution in [2.75, 3.05) is 10.6 Å². The second-order valence-electron chi connectivity index (χ2n) is 4.54. The first-order chi connectivity index (χ1) is 10.1. The molecule has 0 atom stereocenters. The van der Waals surface area contributed by atoms with Gasteiger partial charge in [0.05, 0.1) is 0 Å². The van der Waals surface area contributed by atoms with E-state index in [4.69, 9.17) is 11.6 Å². The molecule has 2 amide bonds. The fraction of sp³-hybridized carbons (Fsp3) is 0.357. The first-order valence-electron chi connectivity index (χ1n) is 6.79. The quantitative estimate of drug-likeness (QED) is 0.834. The average molecular weight is 325 g/mol. The van der Waals surface area contributed by atoms with Gasteiger partial charge in [-0.3, -0.25) is 5.32 Å². The summed E-state index contributed by atoms with van der Waals surface area (Å²) in [5.74, 6) is 0.400. The molecule has 0 aliphatic heterocycles. The van der Waals surface area contributed by atoms with Gasteiger partial charge in [-0.05, 0) is 37.1 Å². The van der Waals surface area contributed by atoms with Crippen molar-refractivity contribution in [3.8, 4) is 0 Å². The van der Waals surface area contributed by atoms with Crippen LogP contribution in [0, 0.1) is 0 Å². The minimum Gasteiger partial charge on any atom is -0.308 e. The molecule has 21 heavy (non-hydrogen) atoms. The highest BCUT2D eigenvalue weighted by Crippen LogP contribution is 2.28. The number of amides is 2. The van der Waals surface area contributed by atoms with Gasteiger partial charge in [-0.15, -0.1) is 10.2 Å². The lowest BCUT2D eigenvalue weighted by atomic mass is 10.1. The van der Waals surface area contributed by atoms with Gasteiger partial charge in [0, 0.05) is 16.6 Å². The van der Waals surface area contributed by atoms with Gasteiger partial charge < -0.3 is 5.32 Å². The summed E-state index contributed by atoms with van der Waals surface area (Å²) < 4.78 is 0. The van der Waals surface area contributed by atoms with E-state index in [-0.39, 0.29) is 6.03 Å². The van der Waals surface area contributed by atoms with E-state index >= 15 is 0 Å². The fourth-order valence-electron chi connectivity index (χ4n) is 1.88. The predicted octanol–water partition coefficient (Wildman–Crippen LogP) is 4.74. The lowest BCUT2D eigenvalue weighted by Gasteiger charge is -2.06. The molecule has 1 aromatic carbocycles. The number of carbonyl (C=O) groups is 1. The zero-order valence-corrected chi connectivity index (χ0v) is 13.5. The molecule has 0 saturated heterocycles. The molecule has 112 valence electrons. The van der Waals surface area contributed by atoms with Crippen molar-refractivity contribution in [1.29, 1.82) is 0 Å². The van der Waals surface area contributed by atoms with Gasteiger partial charge in [0.15, 0.2) is 0 Å². The van der Waals surface area contributed by atoms with Crippen LogP contribution in [0.25, 0.3) is 0 Å². The Kier molecular flexibility index (Phi) is 5.52. The highest BCUT2D eigenvalue weighted by molar-refractivity contribution is 7.15. The Labute approximate surface area is 132 Å². The van der Waals surface area contributed by atoms with E-state index in [9.17, 15) is 4.79 Å². The lowest BCUT2D eigenvalue weighted by Crippen LogP contribution is -2.19. The van der Waals surface area contributed by atoms with E-state index in [0.717, 1.165) is 17.8 Å². The van der Waals surface area contributed by atoms with Crippen LogP contribution in [0.2, 0.25) is 5.02 Å². The Morgan fingerprint density at radius 2 is 1.86 bits per heavy atom. The van der Waals surface area contributed by atoms with Gasteiger partial charge >= 0.3 is 6.03 Å². The molecule has 0 spiro atoms. The van der Waals surface area contributed by atoms with Crippen molar-refractivity contribution in [2.24, 2.45) is 0 Å². The SMILES string of the molecule is CCC(CC)c1nnc(NC(=O)Nc2ccc(Cl)cc2)s1. The predicted molar refractivity (Wildman–Crippen MR) is 87.3 cm³/mol. The van der Waals surface area contributed by atoms with Gasteiger partial charge in [0.2, 0.25) is 5.13 Å². The Hall–Kier alpha value is -1.66. The maximum atomic E-state index is 11.9. The Bertz CT molecular complexity index is 595. The molecule has 0 unspecified atom stereocenters. The minimum absolute atomic E-state index is 0.343. The van der Waals surface area contributed by atoms with Gasteiger partial charge in [-0.2, -0.15) is 0 Å². The number of hydrogen-bond acceptors (Lipinski definition) is 4. The number of carbonyl (C=O) groups excluding carboxylic acids is 1. The van der Waals surface area contributed by atoms with E-state index in [2.05, 4.69) is 34.7 Å². The van der Waals surface area contributed by atoms with Gasteiger partial charge in [-0.1, -0.05) is 36.8 Å². The van der Waals surface area contributed by atoms with Crippen molar-refractivity contribution < 1.29 is 4.79 Å². The Morgan fingerprint density at radius 3 is 2.48 bits per heavy atom. The number of anilines is 2. The maximum absolute atomic E-state index is 11.9. The van der Waals surface area contributed by atoms with Crippen LogP contribution < -0.4 is 10.6 Å². The lowest BCUT2D eigenvalue weighted by molar-refractivity contribution is 0.262. The third kappa shape index (κ3) is 4.41. The van der Waals surface area contributed by atoms with E-state index in [0.29, 0.717) is 21.8 Å². The number of aromatic nitrogens is 2. The normalized spacial score (nSPS) is 10.7. The average Bonchev–Trinajstić information content (AvgIpc) is 2.91. The second-order valence-corrected chi connectivity index (χ2v) is 5.99. The third-order valence-corrected chi connectivity index (χ3v) is 4.35. The summed E-state index contributed by atoms with van der Waals surface area (Å²) in [7, 11) is 0. The highest BCUT2D eigenvalue weighted by Gasteiger charge is 2.14. The van der Waals surface area contributed by atoms with E-state index in [1.165, 1.54) is 11.3 Å². The monoisotopic (exact) mass is 324 g/mol. The molecule has 5 nitrogen and oxygen atoms in total. The summed E-state index contributed by atoms with van der Waals surface area (Å²) in [5, 5.41) is 15.6. The number of nitrogens with one attached hydrogen (secondary N) is 2. The number of urea groups is 1. The fourth-order valence-corrected chi connectivity index (χ4v) is 3.01. The van der Waals surface area contributed by atoms with Crippen molar-refractivity contribution >= 4 is 39.8 Å². The first-order valence-corrected chi connectivity index (χ1v) is 7.98. The van der Waals surface area contributed by atoms with Crippen LogP contribution in [0.1, 0.15) is 37.6 Å². The largest absolute Gasteiger partial charge is 0.325 e. The van der Waals surface area contributed by atoms with Gasteiger partial charge in [-0.25, -0.2) is 4.79 Å². The minimum atomic E-state index is -0.343. The summed E-state index contributed by atoms with van der Waals surface area (Å²) >= 11 is 7.21. The van der Waals surface area contributed by atoms with Crippen LogP contribution in [0.3, 0.4) is 0 Å². The van der Waals surface area contributed by atoms with Crippen LogP contribution in [0.15, 0.2) is 24.3 Å². The van der Waals surface area contributed by atoms with E-state index in [1.807, 2.05) is 0 Å². The Morgan fingerprint density at radius 1 is 1.19 bits per heavy atom. The molecule has 1 aromatic heterocycles. The molecule has 2 rings (SSSR count). The molecule has 0 aliphatic carbocycles. The summed E-state index contributed by atoms with van der Waals surface area (Å²) in [6.45, 7) is 4.24. The standard InChI is InChI=1S/C14H17ClN4OS/c1-3-9(4-2)12-18-19-14(21-12)17-13(20)16-11-7-5-10(15)6-8-11/h5-9H,3-4H2,1-2H3,(H2,16,17,19,20). The zero-order valence-electron chi connectivity index (χ0n) is 11.9. The van der Waals surface area contributed by atoms with Crippen LogP contribution >= 0.6 is 22.9 Å². The van der Waals surface area contributed by atoms with Crippen molar-refractivity contribution in [1.82, 2.24) is 10.2 Å². The number of rotatable bonds is 5. The van der Waals surface area contributed by atoms with Gasteiger partial charge in [0.1, 0.15) is 5.01 Å². The molecule has 7 heteroatoms. The van der Waals surface area contributed by atoms with Crippen LogP contribution in [0.4, 0.5) is 15.6 Å². The maximum Gasteiger partial charge on any atom is 0.325 e. The van der Waals surface area contributed by atoms with Crippen LogP contribution in [0.5, 0.6) is 0 Å². The number of nitrogens with zero attached hydrogens (tertiary/aromatic N) is 2. The van der Waals surface area contributed by atoms with Crippen LogP contribution in [-0.4, -0.2) is 16.2 Å². The molecular weight excluding hydrogens is 308 g/mol. The molecule has 1 heterocycles. The zero-order chi connectivity index (χ0) is 15.2. The molecule has 0 bridgehead atoms. The van der Waals surface area contributed by atoms with E-state index < -0.39 is 0 Å². The van der Waals surface area contributed by atoms with Crippen molar-refractivity contribution in [3.05, 3.63) is 34.3 Å². The molecule has 0 radical (unpaired) electrons. The van der Waals surface area contributed by atoms with Crippen molar-refractivity contribution in [3.63, 3.8) is 0 Å². The first kappa shape index (κ1) is 15.7. The number of benzene rings is 1. The van der Waals surface area contributed by atoms with E-state index in [1.54, 1.807) is 24.3 Å². The topological polar surface area (TPSA) is 66.9 Å². The molecule has 2 aromatic rings. The molecule has 0 fully saturated rings. The Balaban J connectivity index is 1.95. The smallest absolute Gasteiger partial charge is 0.308 e. The highest BCUT2D eigenvalue weighted by atomic mass is 35.5. The molecular formula is C14H17ClN4OS. The number of halogens is 1. The molecule has 2 N–H and O–H groups in total. The summed E-state index contributed by atoms with van der Waals surface area (Å²) in [6, 6.07) is 6.56. The van der Waals surface area contributed by atoms with Gasteiger partial charge in [0.25, 0.3) is 0 Å². The summed E-state index contributed by atoms with van der Waals surface area (Å²) in [6.07, 6.45) is 2.03. The molecule has 0 saturated carbocycles. The molecule has 0 aliphatic rings. The summed E-state index contributed by atoms with van der Waals surface area (Å²) in [5.41, 5.74) is 0.668. The summed E-state index contributed by atoms with van der Waals surface area (Å²) in [4.78, 5) is 11.9.